The molecule has 0 bridgehead atoms. The molecule has 1 aliphatic carbocycles. The van der Waals surface area contributed by atoms with Crippen LogP contribution in [0, 0.1) is 0 Å². The van der Waals surface area contributed by atoms with Gasteiger partial charge in [0.1, 0.15) is 0 Å². The van der Waals surface area contributed by atoms with Crippen LogP contribution in [0.3, 0.4) is 0 Å². The van der Waals surface area contributed by atoms with Crippen LogP contribution in [0.5, 0.6) is 0 Å². The molecule has 0 nitrogen and oxygen atoms in total. The van der Waals surface area contributed by atoms with E-state index < -0.39 is 0 Å². The molecule has 0 fully saturated rings. The van der Waals surface area contributed by atoms with Gasteiger partial charge in [-0.25, -0.2) is 0 Å². The molecule has 1 rings (SSSR count). The maximum absolute atomic E-state index is 3.95. The number of hydrogen-bond acceptors (Lipinski definition) is 0. The van der Waals surface area contributed by atoms with Gasteiger partial charge >= 0.3 is 0 Å². The summed E-state index contributed by atoms with van der Waals surface area (Å²) in [4.78, 5) is 0. The predicted octanol–water partition coefficient (Wildman–Crippen LogP) is 3.45. The zero-order valence-corrected chi connectivity index (χ0v) is 6.82. The molecule has 0 saturated heterocycles. The van der Waals surface area contributed by atoms with Gasteiger partial charge in [-0.2, -0.15) is 0 Å². The van der Waals surface area contributed by atoms with Crippen molar-refractivity contribution in [1.82, 2.24) is 0 Å². The average Bonchev–Trinajstić information content (AvgIpc) is 2.12. The van der Waals surface area contributed by atoms with E-state index >= 15 is 0 Å². The van der Waals surface area contributed by atoms with E-state index in [4.69, 9.17) is 0 Å². The van der Waals surface area contributed by atoms with Gasteiger partial charge in [0.05, 0.1) is 0 Å². The monoisotopic (exact) mass is 136 g/mol. The van der Waals surface area contributed by atoms with Gasteiger partial charge in [0.25, 0.3) is 0 Å². The summed E-state index contributed by atoms with van der Waals surface area (Å²) in [6.07, 6.45) is 9.01. The van der Waals surface area contributed by atoms with Crippen molar-refractivity contribution in [2.75, 3.05) is 0 Å². The Bertz CT molecular complexity index is 151. The third-order valence-electron chi connectivity index (χ3n) is 2.09. The summed E-state index contributed by atoms with van der Waals surface area (Å²) in [5, 5.41) is 0. The Balaban J connectivity index is 2.54. The molecule has 0 N–H and O–H groups in total. The van der Waals surface area contributed by atoms with Crippen LogP contribution >= 0.6 is 0 Å². The van der Waals surface area contributed by atoms with Crippen LogP contribution in [0.25, 0.3) is 0 Å². The smallest absolute Gasteiger partial charge is 0.0280 e. The molecule has 0 unspecified atom stereocenters. The van der Waals surface area contributed by atoms with Crippen LogP contribution in [0.1, 0.15) is 39.0 Å². The van der Waals surface area contributed by atoms with Crippen molar-refractivity contribution in [3.63, 3.8) is 0 Å². The summed E-state index contributed by atoms with van der Waals surface area (Å²) in [6, 6.07) is 0. The van der Waals surface area contributed by atoms with E-state index in [1.807, 2.05) is 0 Å². The van der Waals surface area contributed by atoms with Crippen LogP contribution in [0.15, 0.2) is 23.8 Å². The average molecular weight is 136 g/mol. The number of rotatable bonds is 1. The van der Waals surface area contributed by atoms with E-state index in [0.717, 1.165) is 0 Å². The third-order valence-corrected chi connectivity index (χ3v) is 2.09. The Morgan fingerprint density at radius 2 is 2.20 bits per heavy atom. The fourth-order valence-corrected chi connectivity index (χ4v) is 1.40. The summed E-state index contributed by atoms with van der Waals surface area (Å²) in [6.45, 7) is 6.06. The van der Waals surface area contributed by atoms with E-state index in [1.165, 1.54) is 43.3 Å². The summed E-state index contributed by atoms with van der Waals surface area (Å²) >= 11 is 0. The van der Waals surface area contributed by atoms with Gasteiger partial charge < -0.3 is 0 Å². The molecule has 1 aliphatic rings. The lowest BCUT2D eigenvalue weighted by Crippen LogP contribution is -1.81. The SMILES string of the molecule is C=C(C)C1=CCCCCC1. The summed E-state index contributed by atoms with van der Waals surface area (Å²) in [7, 11) is 0. The molecule has 0 aromatic heterocycles. The molecule has 0 radical (unpaired) electrons. The fourth-order valence-electron chi connectivity index (χ4n) is 1.40. The maximum Gasteiger partial charge on any atom is -0.0280 e. The lowest BCUT2D eigenvalue weighted by Gasteiger charge is -2.01. The molecule has 0 atom stereocenters. The van der Waals surface area contributed by atoms with Gasteiger partial charge in [-0.3, -0.25) is 0 Å². The number of allylic oxidation sites excluding steroid dienone is 3. The van der Waals surface area contributed by atoms with E-state index in [0.29, 0.717) is 0 Å². The lowest BCUT2D eigenvalue weighted by molar-refractivity contribution is 0.712. The summed E-state index contributed by atoms with van der Waals surface area (Å²) in [5.41, 5.74) is 2.76. The quantitative estimate of drug-likeness (QED) is 0.518. The summed E-state index contributed by atoms with van der Waals surface area (Å²) in [5.74, 6) is 0. The molecule has 0 aromatic rings. The second kappa shape index (κ2) is 3.60. The van der Waals surface area contributed by atoms with Gasteiger partial charge in [0.2, 0.25) is 0 Å². The highest BCUT2D eigenvalue weighted by Crippen LogP contribution is 2.21. The fraction of sp³-hybridized carbons (Fsp3) is 0.600. The summed E-state index contributed by atoms with van der Waals surface area (Å²) < 4.78 is 0. The van der Waals surface area contributed by atoms with Crippen molar-refractivity contribution < 1.29 is 0 Å². The first-order valence-electron chi connectivity index (χ1n) is 4.15. The standard InChI is InChI=1S/C10H16/c1-9(2)10-7-5-3-4-6-8-10/h7H,1,3-6,8H2,2H3. The number of hydrogen-bond donors (Lipinski definition) is 0. The minimum atomic E-state index is 1.26. The molecule has 56 valence electrons. The lowest BCUT2D eigenvalue weighted by atomic mass is 10.0. The topological polar surface area (TPSA) is 0 Å². The van der Waals surface area contributed by atoms with Crippen molar-refractivity contribution in [2.24, 2.45) is 0 Å². The zero-order valence-electron chi connectivity index (χ0n) is 6.82. The Morgan fingerprint density at radius 1 is 1.40 bits per heavy atom. The van der Waals surface area contributed by atoms with Gasteiger partial charge in [-0.15, -0.1) is 0 Å². The maximum atomic E-state index is 3.95. The van der Waals surface area contributed by atoms with E-state index in [2.05, 4.69) is 19.6 Å². The van der Waals surface area contributed by atoms with Crippen molar-refractivity contribution in [1.29, 1.82) is 0 Å². The third kappa shape index (κ3) is 2.02. The molecular weight excluding hydrogens is 120 g/mol. The highest BCUT2D eigenvalue weighted by molar-refractivity contribution is 5.26. The van der Waals surface area contributed by atoms with Gasteiger partial charge in [0, 0.05) is 0 Å². The second-order valence-corrected chi connectivity index (χ2v) is 3.11. The zero-order chi connectivity index (χ0) is 7.40. The van der Waals surface area contributed by atoms with E-state index in [-0.39, 0.29) is 0 Å². The second-order valence-electron chi connectivity index (χ2n) is 3.11. The first-order valence-corrected chi connectivity index (χ1v) is 4.15. The minimum absolute atomic E-state index is 1.26. The van der Waals surface area contributed by atoms with Crippen molar-refractivity contribution in [2.45, 2.75) is 39.0 Å². The largest absolute Gasteiger partial charge is 0.0958 e. The highest BCUT2D eigenvalue weighted by Gasteiger charge is 2.01. The van der Waals surface area contributed by atoms with Crippen LogP contribution in [0.4, 0.5) is 0 Å². The predicted molar refractivity (Wildman–Crippen MR) is 46.0 cm³/mol. The Labute approximate surface area is 63.6 Å². The van der Waals surface area contributed by atoms with Crippen molar-refractivity contribution >= 4 is 0 Å². The molecule has 0 aromatic carbocycles. The molecule has 0 aliphatic heterocycles. The first-order chi connectivity index (χ1) is 4.80. The van der Waals surface area contributed by atoms with Crippen molar-refractivity contribution in [3.8, 4) is 0 Å². The molecular formula is C10H16. The molecule has 0 saturated carbocycles. The molecule has 0 heterocycles. The van der Waals surface area contributed by atoms with E-state index in [1.54, 1.807) is 0 Å². The molecule has 0 heteroatoms. The van der Waals surface area contributed by atoms with Crippen LogP contribution in [-0.2, 0) is 0 Å². The van der Waals surface area contributed by atoms with Crippen LogP contribution in [-0.4, -0.2) is 0 Å². The molecule has 0 amide bonds. The normalized spacial score (nSPS) is 19.5. The molecule has 0 spiro atoms. The Kier molecular flexibility index (Phi) is 2.73. The highest BCUT2D eigenvalue weighted by atomic mass is 14.1. The van der Waals surface area contributed by atoms with Gasteiger partial charge in [-0.1, -0.05) is 24.6 Å². The van der Waals surface area contributed by atoms with Crippen LogP contribution < -0.4 is 0 Å². The van der Waals surface area contributed by atoms with Crippen LogP contribution in [0.2, 0.25) is 0 Å². The Hall–Kier alpha value is -0.520. The minimum Gasteiger partial charge on any atom is -0.0958 e. The van der Waals surface area contributed by atoms with E-state index in [9.17, 15) is 0 Å². The Morgan fingerprint density at radius 3 is 2.90 bits per heavy atom. The van der Waals surface area contributed by atoms with Crippen molar-refractivity contribution in [3.05, 3.63) is 23.8 Å². The van der Waals surface area contributed by atoms with Gasteiger partial charge in [0.15, 0.2) is 0 Å². The first kappa shape index (κ1) is 7.59. The molecule has 10 heavy (non-hydrogen) atoms. The van der Waals surface area contributed by atoms with Gasteiger partial charge in [-0.05, 0) is 38.2 Å².